The van der Waals surface area contributed by atoms with E-state index in [2.05, 4.69) is 12.2 Å². The number of Topliss-reactive ketones (excluding diaryl/α,β-unsaturated/α-hetero) is 1. The van der Waals surface area contributed by atoms with Gasteiger partial charge in [0.25, 0.3) is 0 Å². The van der Waals surface area contributed by atoms with E-state index in [4.69, 9.17) is 0 Å². The third-order valence-electron chi connectivity index (χ3n) is 5.16. The smallest absolute Gasteiger partial charge is 0.222 e. The Hall–Kier alpha value is -0.860. The summed E-state index contributed by atoms with van der Waals surface area (Å²) in [4.78, 5) is 24.1. The van der Waals surface area contributed by atoms with Gasteiger partial charge in [-0.1, -0.05) is 19.8 Å². The van der Waals surface area contributed by atoms with Gasteiger partial charge in [0, 0.05) is 24.8 Å². The molecule has 0 bridgehead atoms. The number of carbonyl (C=O) groups excluding carboxylic acids is 2. The second-order valence-electron chi connectivity index (χ2n) is 6.52. The predicted molar refractivity (Wildman–Crippen MR) is 75.6 cm³/mol. The summed E-state index contributed by atoms with van der Waals surface area (Å²) in [6, 6.07) is 0. The van der Waals surface area contributed by atoms with Gasteiger partial charge in [-0.3, -0.25) is 9.59 Å². The third kappa shape index (κ3) is 3.58. The first-order valence-electron chi connectivity index (χ1n) is 7.87. The quantitative estimate of drug-likeness (QED) is 0.852. The molecule has 0 aromatic carbocycles. The Bertz CT molecular complexity index is 324. The van der Waals surface area contributed by atoms with Gasteiger partial charge in [-0.05, 0) is 44.4 Å². The zero-order chi connectivity index (χ0) is 13.8. The van der Waals surface area contributed by atoms with Crippen LogP contribution in [0.5, 0.6) is 0 Å². The van der Waals surface area contributed by atoms with Gasteiger partial charge >= 0.3 is 0 Å². The molecule has 1 N–H and O–H groups in total. The van der Waals surface area contributed by atoms with E-state index in [0.29, 0.717) is 11.7 Å². The fourth-order valence-corrected chi connectivity index (χ4v) is 3.72. The summed E-state index contributed by atoms with van der Waals surface area (Å²) >= 11 is 0. The Morgan fingerprint density at radius 1 is 0.789 bits per heavy atom. The lowest BCUT2D eigenvalue weighted by Crippen LogP contribution is -2.34. The molecule has 0 spiro atoms. The van der Waals surface area contributed by atoms with Crippen LogP contribution in [0.25, 0.3) is 0 Å². The number of ketones is 1. The second kappa shape index (κ2) is 6.53. The highest BCUT2D eigenvalue weighted by Gasteiger charge is 2.33. The molecule has 1 amide bonds. The van der Waals surface area contributed by atoms with Crippen molar-refractivity contribution in [2.24, 2.45) is 23.7 Å². The minimum atomic E-state index is 0.139. The highest BCUT2D eigenvalue weighted by molar-refractivity contribution is 5.84. The normalized spacial score (nSPS) is 35.7. The molecule has 108 valence electrons. The molecule has 2 aliphatic rings. The number of hydrogen-bond donors (Lipinski definition) is 1. The Morgan fingerprint density at radius 2 is 1.21 bits per heavy atom. The molecule has 0 aromatic rings. The van der Waals surface area contributed by atoms with Crippen molar-refractivity contribution in [3.63, 3.8) is 0 Å². The summed E-state index contributed by atoms with van der Waals surface area (Å²) in [6.07, 6.45) is 8.23. The van der Waals surface area contributed by atoms with E-state index in [0.717, 1.165) is 44.4 Å². The van der Waals surface area contributed by atoms with Gasteiger partial charge in [0.15, 0.2) is 0 Å². The van der Waals surface area contributed by atoms with Crippen molar-refractivity contribution in [3.8, 4) is 0 Å². The van der Waals surface area contributed by atoms with Crippen LogP contribution >= 0.6 is 0 Å². The number of nitrogens with one attached hydrogen (secondary N) is 1. The highest BCUT2D eigenvalue weighted by Crippen LogP contribution is 2.36. The Labute approximate surface area is 116 Å². The van der Waals surface area contributed by atoms with Gasteiger partial charge < -0.3 is 5.32 Å². The van der Waals surface area contributed by atoms with Crippen molar-refractivity contribution in [1.29, 1.82) is 0 Å². The average Bonchev–Trinajstić information content (AvgIpc) is 2.46. The molecule has 2 fully saturated rings. The van der Waals surface area contributed by atoms with Gasteiger partial charge in [0.05, 0.1) is 0 Å². The first-order valence-corrected chi connectivity index (χ1v) is 7.87. The van der Waals surface area contributed by atoms with Crippen molar-refractivity contribution in [2.75, 3.05) is 7.05 Å². The van der Waals surface area contributed by atoms with Crippen LogP contribution in [0.1, 0.15) is 58.3 Å². The lowest BCUT2D eigenvalue weighted by atomic mass is 9.72. The molecule has 2 saturated carbocycles. The van der Waals surface area contributed by atoms with Crippen LogP contribution in [0.3, 0.4) is 0 Å². The summed E-state index contributed by atoms with van der Waals surface area (Å²) in [5.74, 6) is 2.14. The first kappa shape index (κ1) is 14.5. The summed E-state index contributed by atoms with van der Waals surface area (Å²) < 4.78 is 0. The van der Waals surface area contributed by atoms with Crippen molar-refractivity contribution >= 4 is 11.7 Å². The summed E-state index contributed by atoms with van der Waals surface area (Å²) in [5, 5.41) is 2.72. The van der Waals surface area contributed by atoms with Crippen molar-refractivity contribution in [3.05, 3.63) is 0 Å². The molecular weight excluding hydrogens is 238 g/mol. The van der Waals surface area contributed by atoms with E-state index < -0.39 is 0 Å². The standard InChI is InChI=1S/C16H27NO2/c1-11-3-5-12(6-4-11)15(18)13-7-9-14(10-8-13)16(19)17-2/h11-14H,3-10H2,1-2H3,(H,17,19). The average molecular weight is 265 g/mol. The van der Waals surface area contributed by atoms with Crippen LogP contribution in [-0.2, 0) is 9.59 Å². The fourth-order valence-electron chi connectivity index (χ4n) is 3.72. The van der Waals surface area contributed by atoms with Crippen molar-refractivity contribution < 1.29 is 9.59 Å². The molecule has 0 saturated heterocycles. The minimum absolute atomic E-state index is 0.139. The summed E-state index contributed by atoms with van der Waals surface area (Å²) in [5.41, 5.74) is 0. The monoisotopic (exact) mass is 265 g/mol. The maximum absolute atomic E-state index is 12.5. The SMILES string of the molecule is CNC(=O)C1CCC(C(=O)C2CCC(C)CC2)CC1. The second-order valence-corrected chi connectivity index (χ2v) is 6.52. The number of amides is 1. The van der Waals surface area contributed by atoms with E-state index in [9.17, 15) is 9.59 Å². The van der Waals surface area contributed by atoms with Crippen LogP contribution in [0, 0.1) is 23.7 Å². The number of carbonyl (C=O) groups is 2. The largest absolute Gasteiger partial charge is 0.359 e. The van der Waals surface area contributed by atoms with E-state index >= 15 is 0 Å². The van der Waals surface area contributed by atoms with Crippen molar-refractivity contribution in [1.82, 2.24) is 5.32 Å². The van der Waals surface area contributed by atoms with Crippen LogP contribution in [0.4, 0.5) is 0 Å². The molecule has 0 aromatic heterocycles. The van der Waals surface area contributed by atoms with Crippen LogP contribution < -0.4 is 5.32 Å². The molecule has 2 aliphatic carbocycles. The zero-order valence-electron chi connectivity index (χ0n) is 12.3. The molecule has 19 heavy (non-hydrogen) atoms. The lowest BCUT2D eigenvalue weighted by Gasteiger charge is -2.31. The van der Waals surface area contributed by atoms with E-state index in [1.807, 2.05) is 0 Å². The Kier molecular flexibility index (Phi) is 5.00. The van der Waals surface area contributed by atoms with Gasteiger partial charge in [0.1, 0.15) is 5.78 Å². The van der Waals surface area contributed by atoms with Crippen LogP contribution in [-0.4, -0.2) is 18.7 Å². The maximum atomic E-state index is 12.5. The topological polar surface area (TPSA) is 46.2 Å². The van der Waals surface area contributed by atoms with Gasteiger partial charge in [-0.2, -0.15) is 0 Å². The van der Waals surface area contributed by atoms with E-state index in [1.54, 1.807) is 7.05 Å². The summed E-state index contributed by atoms with van der Waals surface area (Å²) in [7, 11) is 1.70. The maximum Gasteiger partial charge on any atom is 0.222 e. The molecule has 0 heterocycles. The highest BCUT2D eigenvalue weighted by atomic mass is 16.1. The molecule has 3 nitrogen and oxygen atoms in total. The summed E-state index contributed by atoms with van der Waals surface area (Å²) in [6.45, 7) is 2.29. The van der Waals surface area contributed by atoms with E-state index in [-0.39, 0.29) is 17.7 Å². The Morgan fingerprint density at radius 3 is 1.68 bits per heavy atom. The number of hydrogen-bond acceptors (Lipinski definition) is 2. The number of rotatable bonds is 3. The molecule has 2 rings (SSSR count). The van der Waals surface area contributed by atoms with Gasteiger partial charge in [-0.15, -0.1) is 0 Å². The van der Waals surface area contributed by atoms with Crippen LogP contribution in [0.15, 0.2) is 0 Å². The van der Waals surface area contributed by atoms with Crippen LogP contribution in [0.2, 0.25) is 0 Å². The molecule has 0 atom stereocenters. The zero-order valence-corrected chi connectivity index (χ0v) is 12.3. The third-order valence-corrected chi connectivity index (χ3v) is 5.16. The molecule has 0 radical (unpaired) electrons. The van der Waals surface area contributed by atoms with E-state index in [1.165, 1.54) is 12.8 Å². The lowest BCUT2D eigenvalue weighted by molar-refractivity contribution is -0.132. The fraction of sp³-hybridized carbons (Fsp3) is 0.875. The first-order chi connectivity index (χ1) is 9.11. The molecule has 0 aliphatic heterocycles. The molecule has 0 unspecified atom stereocenters. The van der Waals surface area contributed by atoms with Crippen molar-refractivity contribution in [2.45, 2.75) is 58.3 Å². The Balaban J connectivity index is 1.81. The molecule has 3 heteroatoms. The van der Waals surface area contributed by atoms with Gasteiger partial charge in [0.2, 0.25) is 5.91 Å². The van der Waals surface area contributed by atoms with Gasteiger partial charge in [-0.25, -0.2) is 0 Å². The predicted octanol–water partition coefficient (Wildman–Crippen LogP) is 2.93. The molecular formula is C16H27NO2. The minimum Gasteiger partial charge on any atom is -0.359 e.